The van der Waals surface area contributed by atoms with E-state index in [1.165, 1.54) is 11.1 Å². The zero-order valence-electron chi connectivity index (χ0n) is 8.37. The molecule has 1 N–H and O–H groups in total. The normalized spacial score (nSPS) is 12.9. The molecule has 0 saturated heterocycles. The van der Waals surface area contributed by atoms with Crippen molar-refractivity contribution in [3.8, 4) is 0 Å². The van der Waals surface area contributed by atoms with Gasteiger partial charge in [0.2, 0.25) is 0 Å². The fourth-order valence-electron chi connectivity index (χ4n) is 1.23. The summed E-state index contributed by atoms with van der Waals surface area (Å²) in [6.07, 6.45) is 1.68. The minimum atomic E-state index is -0.325. The van der Waals surface area contributed by atoms with Crippen LogP contribution in [0.25, 0.3) is 0 Å². The van der Waals surface area contributed by atoms with E-state index in [1.54, 1.807) is 11.8 Å². The van der Waals surface area contributed by atoms with Gasteiger partial charge >= 0.3 is 0 Å². The van der Waals surface area contributed by atoms with Crippen molar-refractivity contribution >= 4 is 11.8 Å². The second-order valence-electron chi connectivity index (χ2n) is 3.31. The molecule has 1 atom stereocenters. The summed E-state index contributed by atoms with van der Waals surface area (Å²) >= 11 is 1.66. The van der Waals surface area contributed by atoms with Gasteiger partial charge in [-0.1, -0.05) is 18.2 Å². The Morgan fingerprint density at radius 3 is 2.54 bits per heavy atom. The molecule has 0 aliphatic rings. The van der Waals surface area contributed by atoms with Crippen molar-refractivity contribution in [2.45, 2.75) is 20.0 Å². The lowest BCUT2D eigenvalue weighted by Gasteiger charge is -2.10. The summed E-state index contributed by atoms with van der Waals surface area (Å²) in [6.45, 7) is 4.16. The molecule has 0 spiro atoms. The Hall–Kier alpha value is -0.470. The average molecular weight is 196 g/mol. The van der Waals surface area contributed by atoms with E-state index in [4.69, 9.17) is 0 Å². The van der Waals surface area contributed by atoms with Gasteiger partial charge in [0.15, 0.2) is 0 Å². The zero-order chi connectivity index (χ0) is 9.84. The van der Waals surface area contributed by atoms with E-state index in [0.29, 0.717) is 0 Å². The summed E-state index contributed by atoms with van der Waals surface area (Å²) in [7, 11) is 0. The first-order chi connectivity index (χ1) is 6.15. The fourth-order valence-corrected chi connectivity index (χ4v) is 1.73. The lowest BCUT2D eigenvalue weighted by Crippen LogP contribution is -2.00. The highest BCUT2D eigenvalue weighted by atomic mass is 32.2. The van der Waals surface area contributed by atoms with Crippen molar-refractivity contribution in [3.63, 3.8) is 0 Å². The van der Waals surface area contributed by atoms with Crippen LogP contribution < -0.4 is 0 Å². The third-order valence-electron chi connectivity index (χ3n) is 2.24. The van der Waals surface area contributed by atoms with Crippen LogP contribution in [0.15, 0.2) is 18.2 Å². The molecule has 0 saturated carbocycles. The van der Waals surface area contributed by atoms with Gasteiger partial charge in [-0.2, -0.15) is 11.8 Å². The molecule has 1 nitrogen and oxygen atoms in total. The van der Waals surface area contributed by atoms with Crippen molar-refractivity contribution in [3.05, 3.63) is 34.9 Å². The molecule has 13 heavy (non-hydrogen) atoms. The Kier molecular flexibility index (Phi) is 3.82. The molecule has 0 bridgehead atoms. The van der Waals surface area contributed by atoms with E-state index in [1.807, 2.05) is 12.3 Å². The molecule has 1 unspecified atom stereocenters. The van der Waals surface area contributed by atoms with E-state index in [9.17, 15) is 5.11 Å². The molecule has 1 aromatic rings. The van der Waals surface area contributed by atoms with Gasteiger partial charge in [0.1, 0.15) is 0 Å². The summed E-state index contributed by atoms with van der Waals surface area (Å²) in [5, 5.41) is 9.72. The van der Waals surface area contributed by atoms with Crippen LogP contribution in [0.5, 0.6) is 0 Å². The van der Waals surface area contributed by atoms with E-state index in [0.717, 1.165) is 11.3 Å². The highest BCUT2D eigenvalue weighted by molar-refractivity contribution is 7.98. The van der Waals surface area contributed by atoms with Gasteiger partial charge in [0.25, 0.3) is 0 Å². The van der Waals surface area contributed by atoms with E-state index < -0.39 is 0 Å². The Morgan fingerprint density at radius 2 is 2.00 bits per heavy atom. The van der Waals surface area contributed by atoms with Gasteiger partial charge in [0, 0.05) is 5.75 Å². The maximum Gasteiger partial charge on any atom is 0.0880 e. The number of aliphatic hydroxyl groups excluding tert-OH is 1. The third kappa shape index (κ3) is 2.75. The maximum atomic E-state index is 9.72. The minimum Gasteiger partial charge on any atom is -0.388 e. The topological polar surface area (TPSA) is 20.2 Å². The van der Waals surface area contributed by atoms with Gasteiger partial charge in [-0.3, -0.25) is 0 Å². The fraction of sp³-hybridized carbons (Fsp3) is 0.455. The van der Waals surface area contributed by atoms with Gasteiger partial charge < -0.3 is 5.11 Å². The second kappa shape index (κ2) is 4.68. The Balaban J connectivity index is 2.84. The zero-order valence-corrected chi connectivity index (χ0v) is 9.19. The number of aryl methyl sites for hydroxylation is 2. The third-order valence-corrected chi connectivity index (χ3v) is 2.89. The maximum absolute atomic E-state index is 9.72. The molecule has 0 radical (unpaired) electrons. The number of hydrogen-bond acceptors (Lipinski definition) is 2. The Labute approximate surface area is 84.2 Å². The standard InChI is InChI=1S/C11H16OS/c1-8-4-5-10(6-9(8)2)11(12)7-13-3/h4-6,11-12H,7H2,1-3H3. The first-order valence-corrected chi connectivity index (χ1v) is 5.78. The molecule has 2 heteroatoms. The Morgan fingerprint density at radius 1 is 1.31 bits per heavy atom. The van der Waals surface area contributed by atoms with Crippen LogP contribution in [0.4, 0.5) is 0 Å². The first kappa shape index (κ1) is 10.6. The predicted octanol–water partition coefficient (Wildman–Crippen LogP) is 2.70. The number of thioether (sulfide) groups is 1. The molecule has 72 valence electrons. The molecule has 0 fully saturated rings. The van der Waals surface area contributed by atoms with Crippen LogP contribution in [0.2, 0.25) is 0 Å². The molecule has 1 aromatic carbocycles. The lowest BCUT2D eigenvalue weighted by atomic mass is 10.0. The molecule has 0 amide bonds. The quantitative estimate of drug-likeness (QED) is 0.802. The summed E-state index contributed by atoms with van der Waals surface area (Å²) in [4.78, 5) is 0. The van der Waals surface area contributed by atoms with Crippen molar-refractivity contribution in [1.29, 1.82) is 0 Å². The summed E-state index contributed by atoms with van der Waals surface area (Å²) in [5.74, 6) is 0.766. The lowest BCUT2D eigenvalue weighted by molar-refractivity contribution is 0.204. The number of rotatable bonds is 3. The van der Waals surface area contributed by atoms with Crippen LogP contribution >= 0.6 is 11.8 Å². The van der Waals surface area contributed by atoms with Crippen LogP contribution in [-0.4, -0.2) is 17.1 Å². The average Bonchev–Trinajstić information content (AvgIpc) is 2.10. The molecule has 0 aromatic heterocycles. The van der Waals surface area contributed by atoms with Crippen LogP contribution in [0.1, 0.15) is 22.8 Å². The largest absolute Gasteiger partial charge is 0.388 e. The SMILES string of the molecule is CSCC(O)c1ccc(C)c(C)c1. The smallest absolute Gasteiger partial charge is 0.0880 e. The first-order valence-electron chi connectivity index (χ1n) is 4.39. The van der Waals surface area contributed by atoms with Gasteiger partial charge in [-0.15, -0.1) is 0 Å². The monoisotopic (exact) mass is 196 g/mol. The van der Waals surface area contributed by atoms with Crippen LogP contribution in [0, 0.1) is 13.8 Å². The van der Waals surface area contributed by atoms with Gasteiger partial charge in [-0.05, 0) is 36.8 Å². The molecule has 0 aliphatic carbocycles. The van der Waals surface area contributed by atoms with E-state index in [-0.39, 0.29) is 6.10 Å². The van der Waals surface area contributed by atoms with Gasteiger partial charge in [0.05, 0.1) is 6.10 Å². The van der Waals surface area contributed by atoms with Crippen molar-refractivity contribution < 1.29 is 5.11 Å². The molecular formula is C11H16OS. The van der Waals surface area contributed by atoms with E-state index in [2.05, 4.69) is 26.0 Å². The van der Waals surface area contributed by atoms with Crippen molar-refractivity contribution in [2.75, 3.05) is 12.0 Å². The molecule has 0 heterocycles. The van der Waals surface area contributed by atoms with Crippen LogP contribution in [-0.2, 0) is 0 Å². The number of hydrogen-bond donors (Lipinski definition) is 1. The van der Waals surface area contributed by atoms with Crippen molar-refractivity contribution in [1.82, 2.24) is 0 Å². The predicted molar refractivity (Wildman–Crippen MR) is 59.3 cm³/mol. The summed E-state index contributed by atoms with van der Waals surface area (Å²) in [5.41, 5.74) is 3.55. The number of benzene rings is 1. The van der Waals surface area contributed by atoms with E-state index >= 15 is 0 Å². The second-order valence-corrected chi connectivity index (χ2v) is 4.23. The molecular weight excluding hydrogens is 180 g/mol. The van der Waals surface area contributed by atoms with Crippen LogP contribution in [0.3, 0.4) is 0 Å². The summed E-state index contributed by atoms with van der Waals surface area (Å²) in [6, 6.07) is 6.13. The molecule has 1 rings (SSSR count). The highest BCUT2D eigenvalue weighted by Crippen LogP contribution is 2.19. The minimum absolute atomic E-state index is 0.325. The summed E-state index contributed by atoms with van der Waals surface area (Å²) < 4.78 is 0. The Bertz CT molecular complexity index is 283. The van der Waals surface area contributed by atoms with Crippen molar-refractivity contribution in [2.24, 2.45) is 0 Å². The molecule has 0 aliphatic heterocycles. The van der Waals surface area contributed by atoms with Gasteiger partial charge in [-0.25, -0.2) is 0 Å². The number of aliphatic hydroxyl groups is 1. The highest BCUT2D eigenvalue weighted by Gasteiger charge is 2.06.